The highest BCUT2D eigenvalue weighted by Crippen LogP contribution is 2.14. The number of carboxylic acids is 1. The predicted molar refractivity (Wildman–Crippen MR) is 61.4 cm³/mol. The number of aliphatic carboxylic acids is 1. The minimum absolute atomic E-state index is 0.113. The molecule has 1 rings (SSSR count). The van der Waals surface area contributed by atoms with Crippen molar-refractivity contribution >= 4 is 12.0 Å². The standard InChI is InChI=1S/C13H16O2/c1-10(2)12(13(14)15)9-8-11-6-4-3-5-7-11/h3-10,12H,1-2H3,(H,14,15). The van der Waals surface area contributed by atoms with Crippen molar-refractivity contribution in [1.29, 1.82) is 0 Å². The molecule has 15 heavy (non-hydrogen) atoms. The zero-order valence-electron chi connectivity index (χ0n) is 9.05. The van der Waals surface area contributed by atoms with E-state index in [9.17, 15) is 4.79 Å². The highest BCUT2D eigenvalue weighted by atomic mass is 16.4. The average Bonchev–Trinajstić information content (AvgIpc) is 2.18. The molecule has 0 heterocycles. The molecule has 0 radical (unpaired) electrons. The summed E-state index contributed by atoms with van der Waals surface area (Å²) in [5, 5.41) is 8.97. The van der Waals surface area contributed by atoms with Gasteiger partial charge in [0, 0.05) is 0 Å². The third kappa shape index (κ3) is 3.58. The molecule has 0 amide bonds. The Hall–Kier alpha value is -1.57. The van der Waals surface area contributed by atoms with E-state index >= 15 is 0 Å². The van der Waals surface area contributed by atoms with Crippen molar-refractivity contribution in [3.05, 3.63) is 42.0 Å². The van der Waals surface area contributed by atoms with Crippen LogP contribution in [-0.4, -0.2) is 11.1 Å². The average molecular weight is 204 g/mol. The van der Waals surface area contributed by atoms with Crippen molar-refractivity contribution in [2.24, 2.45) is 11.8 Å². The lowest BCUT2D eigenvalue weighted by Gasteiger charge is -2.10. The van der Waals surface area contributed by atoms with E-state index in [1.54, 1.807) is 6.08 Å². The second-order valence-corrected chi connectivity index (χ2v) is 3.88. The van der Waals surface area contributed by atoms with Gasteiger partial charge in [0.2, 0.25) is 0 Å². The van der Waals surface area contributed by atoms with Crippen LogP contribution in [0.15, 0.2) is 36.4 Å². The number of benzene rings is 1. The van der Waals surface area contributed by atoms with E-state index in [0.29, 0.717) is 0 Å². The molecule has 2 nitrogen and oxygen atoms in total. The Balaban J connectivity index is 2.75. The number of rotatable bonds is 4. The van der Waals surface area contributed by atoms with Crippen molar-refractivity contribution in [2.75, 3.05) is 0 Å². The maximum Gasteiger partial charge on any atom is 0.310 e. The predicted octanol–water partition coefficient (Wildman–Crippen LogP) is 3.06. The molecule has 1 aromatic carbocycles. The molecular formula is C13H16O2. The summed E-state index contributed by atoms with van der Waals surface area (Å²) in [6.07, 6.45) is 3.61. The van der Waals surface area contributed by atoms with E-state index in [4.69, 9.17) is 5.11 Å². The van der Waals surface area contributed by atoms with Gasteiger partial charge in [-0.05, 0) is 11.5 Å². The Morgan fingerprint density at radius 3 is 2.33 bits per heavy atom. The van der Waals surface area contributed by atoms with E-state index in [1.165, 1.54) is 0 Å². The molecule has 1 atom stereocenters. The molecule has 0 saturated heterocycles. The first kappa shape index (κ1) is 11.5. The molecule has 1 aromatic rings. The van der Waals surface area contributed by atoms with Crippen molar-refractivity contribution in [3.63, 3.8) is 0 Å². The molecule has 0 aromatic heterocycles. The number of hydrogen-bond donors (Lipinski definition) is 1. The van der Waals surface area contributed by atoms with E-state index in [1.807, 2.05) is 50.3 Å². The SMILES string of the molecule is CC(C)C(C=Cc1ccccc1)C(=O)O. The van der Waals surface area contributed by atoms with E-state index < -0.39 is 11.9 Å². The second kappa shape index (κ2) is 5.35. The van der Waals surface area contributed by atoms with E-state index in [-0.39, 0.29) is 5.92 Å². The Kier molecular flexibility index (Phi) is 4.10. The quantitative estimate of drug-likeness (QED) is 0.818. The fourth-order valence-electron chi connectivity index (χ4n) is 1.37. The van der Waals surface area contributed by atoms with Crippen LogP contribution < -0.4 is 0 Å². The van der Waals surface area contributed by atoms with Gasteiger partial charge in [0.15, 0.2) is 0 Å². The summed E-state index contributed by atoms with van der Waals surface area (Å²) in [7, 11) is 0. The zero-order valence-corrected chi connectivity index (χ0v) is 9.05. The van der Waals surface area contributed by atoms with Gasteiger partial charge in [-0.15, -0.1) is 0 Å². The molecule has 1 N–H and O–H groups in total. The molecule has 0 aliphatic heterocycles. The Labute approximate surface area is 90.3 Å². The molecular weight excluding hydrogens is 188 g/mol. The first-order valence-corrected chi connectivity index (χ1v) is 5.07. The minimum atomic E-state index is -0.766. The van der Waals surface area contributed by atoms with E-state index in [2.05, 4.69) is 0 Å². The van der Waals surface area contributed by atoms with Gasteiger partial charge in [0.05, 0.1) is 5.92 Å². The third-order valence-corrected chi connectivity index (χ3v) is 2.30. The van der Waals surface area contributed by atoms with Gasteiger partial charge >= 0.3 is 5.97 Å². The fourth-order valence-corrected chi connectivity index (χ4v) is 1.37. The summed E-state index contributed by atoms with van der Waals surface area (Å²) in [6, 6.07) is 9.72. The number of carboxylic acid groups (broad SMARTS) is 1. The lowest BCUT2D eigenvalue weighted by Crippen LogP contribution is -2.16. The minimum Gasteiger partial charge on any atom is -0.481 e. The lowest BCUT2D eigenvalue weighted by atomic mass is 9.95. The van der Waals surface area contributed by atoms with Gasteiger partial charge < -0.3 is 5.11 Å². The summed E-state index contributed by atoms with van der Waals surface area (Å²) in [4.78, 5) is 10.9. The van der Waals surface area contributed by atoms with Crippen LogP contribution >= 0.6 is 0 Å². The zero-order chi connectivity index (χ0) is 11.3. The van der Waals surface area contributed by atoms with Crippen LogP contribution in [0.4, 0.5) is 0 Å². The largest absolute Gasteiger partial charge is 0.481 e. The molecule has 0 spiro atoms. The molecule has 1 unspecified atom stereocenters. The Morgan fingerprint density at radius 2 is 1.87 bits per heavy atom. The van der Waals surface area contributed by atoms with Gasteiger partial charge in [0.25, 0.3) is 0 Å². The molecule has 0 saturated carbocycles. The first-order chi connectivity index (χ1) is 7.11. The van der Waals surface area contributed by atoms with Crippen LogP contribution in [0.25, 0.3) is 6.08 Å². The van der Waals surface area contributed by atoms with Crippen LogP contribution in [0.5, 0.6) is 0 Å². The topological polar surface area (TPSA) is 37.3 Å². The van der Waals surface area contributed by atoms with Crippen LogP contribution in [0.1, 0.15) is 19.4 Å². The van der Waals surface area contributed by atoms with Gasteiger partial charge in [-0.25, -0.2) is 0 Å². The highest BCUT2D eigenvalue weighted by Gasteiger charge is 2.17. The monoisotopic (exact) mass is 204 g/mol. The normalized spacial score (nSPS) is 13.3. The summed E-state index contributed by atoms with van der Waals surface area (Å²) in [6.45, 7) is 3.82. The Morgan fingerprint density at radius 1 is 1.27 bits per heavy atom. The second-order valence-electron chi connectivity index (χ2n) is 3.88. The number of hydrogen-bond acceptors (Lipinski definition) is 1. The molecule has 0 aliphatic rings. The number of carbonyl (C=O) groups is 1. The van der Waals surface area contributed by atoms with Gasteiger partial charge in [0.1, 0.15) is 0 Å². The summed E-state index contributed by atoms with van der Waals surface area (Å²) in [5.41, 5.74) is 1.03. The maximum absolute atomic E-state index is 10.9. The Bertz CT molecular complexity index is 339. The van der Waals surface area contributed by atoms with Crippen molar-refractivity contribution in [3.8, 4) is 0 Å². The molecule has 0 fully saturated rings. The van der Waals surface area contributed by atoms with Crippen LogP contribution in [-0.2, 0) is 4.79 Å². The molecule has 0 bridgehead atoms. The van der Waals surface area contributed by atoms with Crippen LogP contribution in [0.3, 0.4) is 0 Å². The molecule has 0 aliphatic carbocycles. The maximum atomic E-state index is 10.9. The van der Waals surface area contributed by atoms with Gasteiger partial charge in [-0.1, -0.05) is 56.3 Å². The molecule has 2 heteroatoms. The van der Waals surface area contributed by atoms with Crippen LogP contribution in [0, 0.1) is 11.8 Å². The van der Waals surface area contributed by atoms with Crippen molar-refractivity contribution < 1.29 is 9.90 Å². The summed E-state index contributed by atoms with van der Waals surface area (Å²) >= 11 is 0. The smallest absolute Gasteiger partial charge is 0.310 e. The van der Waals surface area contributed by atoms with Gasteiger partial charge in [-0.3, -0.25) is 4.79 Å². The highest BCUT2D eigenvalue weighted by molar-refractivity contribution is 5.74. The third-order valence-electron chi connectivity index (χ3n) is 2.30. The lowest BCUT2D eigenvalue weighted by molar-refractivity contribution is -0.141. The van der Waals surface area contributed by atoms with Gasteiger partial charge in [-0.2, -0.15) is 0 Å². The van der Waals surface area contributed by atoms with Crippen molar-refractivity contribution in [2.45, 2.75) is 13.8 Å². The van der Waals surface area contributed by atoms with Crippen molar-refractivity contribution in [1.82, 2.24) is 0 Å². The first-order valence-electron chi connectivity index (χ1n) is 5.07. The summed E-state index contributed by atoms with van der Waals surface area (Å²) < 4.78 is 0. The van der Waals surface area contributed by atoms with E-state index in [0.717, 1.165) is 5.56 Å². The molecule has 80 valence electrons. The van der Waals surface area contributed by atoms with Crippen LogP contribution in [0.2, 0.25) is 0 Å². The summed E-state index contributed by atoms with van der Waals surface area (Å²) in [5.74, 6) is -1.06. The fraction of sp³-hybridized carbons (Fsp3) is 0.308.